The van der Waals surface area contributed by atoms with Gasteiger partial charge >= 0.3 is 24.0 Å². The summed E-state index contributed by atoms with van der Waals surface area (Å²) in [5.41, 5.74) is -1.31. The predicted octanol–water partition coefficient (Wildman–Crippen LogP) is 8.13. The molecular weight excluding hydrogens is 523 g/mol. The molecule has 39 heavy (non-hydrogen) atoms. The highest BCUT2D eigenvalue weighted by Gasteiger charge is 2.58. The van der Waals surface area contributed by atoms with Crippen molar-refractivity contribution in [2.45, 2.75) is 79.8 Å². The van der Waals surface area contributed by atoms with Crippen LogP contribution in [0.4, 0.5) is 22.0 Å². The van der Waals surface area contributed by atoms with Crippen LogP contribution in [0.15, 0.2) is 36.4 Å². The van der Waals surface area contributed by atoms with Crippen molar-refractivity contribution in [3.8, 4) is 11.5 Å². The number of carbonyl (C=O) groups excluding carboxylic acids is 2. The third-order valence-corrected chi connectivity index (χ3v) is 7.84. The van der Waals surface area contributed by atoms with Gasteiger partial charge in [-0.1, -0.05) is 72.2 Å². The highest BCUT2D eigenvalue weighted by Crippen LogP contribution is 2.50. The van der Waals surface area contributed by atoms with Gasteiger partial charge in [-0.25, -0.2) is 4.79 Å². The highest BCUT2D eigenvalue weighted by atomic mass is 19.4. The van der Waals surface area contributed by atoms with E-state index in [0.717, 1.165) is 12.8 Å². The van der Waals surface area contributed by atoms with Crippen LogP contribution in [0, 0.1) is 16.2 Å². The van der Waals surface area contributed by atoms with Crippen LogP contribution < -0.4 is 9.47 Å². The van der Waals surface area contributed by atoms with Crippen LogP contribution >= 0.6 is 0 Å². The minimum absolute atomic E-state index is 0.112. The maximum absolute atomic E-state index is 13.7. The van der Waals surface area contributed by atoms with Gasteiger partial charge in [0.15, 0.2) is 13.2 Å². The molecule has 0 aliphatic heterocycles. The summed E-state index contributed by atoms with van der Waals surface area (Å²) < 4.78 is 78.3. The van der Waals surface area contributed by atoms with Gasteiger partial charge in [-0.3, -0.25) is 4.79 Å². The van der Waals surface area contributed by atoms with E-state index >= 15 is 0 Å². The van der Waals surface area contributed by atoms with Crippen LogP contribution in [0.2, 0.25) is 0 Å². The lowest BCUT2D eigenvalue weighted by Crippen LogP contribution is -2.47. The quantitative estimate of drug-likeness (QED) is 0.149. The molecule has 1 atom stereocenters. The van der Waals surface area contributed by atoms with Crippen LogP contribution in [0.3, 0.4) is 0 Å². The molecule has 2 aromatic rings. The fourth-order valence-corrected chi connectivity index (χ4v) is 4.17. The van der Waals surface area contributed by atoms with Crippen molar-refractivity contribution < 1.29 is 45.8 Å². The van der Waals surface area contributed by atoms with Gasteiger partial charge in [0.1, 0.15) is 11.5 Å². The van der Waals surface area contributed by atoms with Crippen LogP contribution in [0.1, 0.15) is 67.7 Å². The summed E-state index contributed by atoms with van der Waals surface area (Å²) in [6.07, 6.45) is -3.62. The lowest BCUT2D eigenvalue weighted by atomic mass is 9.58. The van der Waals surface area contributed by atoms with Crippen LogP contribution in [-0.2, 0) is 14.3 Å². The number of esters is 2. The maximum Gasteiger partial charge on any atom is 0.456 e. The van der Waals surface area contributed by atoms with Gasteiger partial charge in [-0.2, -0.15) is 22.0 Å². The van der Waals surface area contributed by atoms with Crippen molar-refractivity contribution in [2.75, 3.05) is 13.2 Å². The summed E-state index contributed by atoms with van der Waals surface area (Å²) in [6.45, 7) is 11.3. The molecule has 0 bridgehead atoms. The molecule has 1 unspecified atom stereocenters. The van der Waals surface area contributed by atoms with Gasteiger partial charge in [0.25, 0.3) is 0 Å². The van der Waals surface area contributed by atoms with E-state index in [-0.39, 0.29) is 28.3 Å². The average molecular weight is 561 g/mol. The minimum atomic E-state index is -5.84. The molecule has 0 spiro atoms. The standard InChI is InChI=1S/C29H37F5O5/c1-8-25(3,4)17-27(7,26(5,6)9-2)24(36)39-22-15-11-12-19-20(22)13-10-14-21(19)37-16-23(35)38-18-28(30,31)29(32,33)34/h10-15H,8-9,16-18H2,1-7H3. The Labute approximate surface area is 226 Å². The zero-order valence-electron chi connectivity index (χ0n) is 23.4. The molecule has 0 aliphatic carbocycles. The molecule has 0 saturated carbocycles. The lowest BCUT2D eigenvalue weighted by molar-refractivity contribution is -0.294. The predicted molar refractivity (Wildman–Crippen MR) is 138 cm³/mol. The molecule has 10 heteroatoms. The largest absolute Gasteiger partial charge is 0.481 e. The Morgan fingerprint density at radius 3 is 1.85 bits per heavy atom. The third-order valence-electron chi connectivity index (χ3n) is 7.84. The van der Waals surface area contributed by atoms with Gasteiger partial charge in [0.05, 0.1) is 5.41 Å². The molecule has 2 rings (SSSR count). The van der Waals surface area contributed by atoms with Crippen molar-refractivity contribution in [3.05, 3.63) is 36.4 Å². The van der Waals surface area contributed by atoms with Crippen molar-refractivity contribution in [2.24, 2.45) is 16.2 Å². The molecule has 0 N–H and O–H groups in total. The van der Waals surface area contributed by atoms with Crippen LogP contribution in [0.25, 0.3) is 10.8 Å². The van der Waals surface area contributed by atoms with Gasteiger partial charge in [0, 0.05) is 10.8 Å². The summed E-state index contributed by atoms with van der Waals surface area (Å²) in [4.78, 5) is 25.5. The maximum atomic E-state index is 13.7. The lowest BCUT2D eigenvalue weighted by Gasteiger charge is -2.45. The van der Waals surface area contributed by atoms with Crippen molar-refractivity contribution in [1.82, 2.24) is 0 Å². The highest BCUT2D eigenvalue weighted by molar-refractivity contribution is 5.95. The van der Waals surface area contributed by atoms with E-state index in [9.17, 15) is 31.5 Å². The van der Waals surface area contributed by atoms with Gasteiger partial charge in [0.2, 0.25) is 0 Å². The Kier molecular flexibility index (Phi) is 9.67. The first-order valence-corrected chi connectivity index (χ1v) is 12.8. The molecule has 0 amide bonds. The van der Waals surface area contributed by atoms with E-state index in [0.29, 0.717) is 17.2 Å². The fraction of sp³-hybridized carbons (Fsp3) is 0.586. The van der Waals surface area contributed by atoms with Crippen LogP contribution in [-0.4, -0.2) is 37.3 Å². The summed E-state index contributed by atoms with van der Waals surface area (Å²) in [7, 11) is 0. The number of benzene rings is 2. The zero-order chi connectivity index (χ0) is 29.9. The number of ether oxygens (including phenoxy) is 3. The molecule has 5 nitrogen and oxygen atoms in total. The molecular formula is C29H37F5O5. The van der Waals surface area contributed by atoms with Gasteiger partial charge in [-0.05, 0) is 42.7 Å². The molecule has 0 heterocycles. The first-order valence-electron chi connectivity index (χ1n) is 12.8. The SMILES string of the molecule is CCC(C)(C)CC(C)(C(=O)Oc1cccc2c(OCC(=O)OCC(F)(F)C(F)(F)F)cccc12)C(C)(C)CC. The second-order valence-electron chi connectivity index (χ2n) is 11.4. The number of hydrogen-bond acceptors (Lipinski definition) is 5. The first-order chi connectivity index (χ1) is 17.8. The van der Waals surface area contributed by atoms with Crippen LogP contribution in [0.5, 0.6) is 11.5 Å². The number of rotatable bonds is 12. The molecule has 2 aromatic carbocycles. The molecule has 0 saturated heterocycles. The Hall–Kier alpha value is -2.91. The van der Waals surface area contributed by atoms with E-state index in [1.54, 1.807) is 30.3 Å². The van der Waals surface area contributed by atoms with E-state index in [1.165, 1.54) is 6.07 Å². The number of alkyl halides is 5. The molecule has 0 radical (unpaired) electrons. The van der Waals surface area contributed by atoms with E-state index in [1.807, 2.05) is 27.7 Å². The second-order valence-corrected chi connectivity index (χ2v) is 11.4. The average Bonchev–Trinajstić information content (AvgIpc) is 2.85. The Morgan fingerprint density at radius 2 is 1.33 bits per heavy atom. The van der Waals surface area contributed by atoms with Crippen molar-refractivity contribution >= 4 is 22.7 Å². The zero-order valence-corrected chi connectivity index (χ0v) is 23.4. The van der Waals surface area contributed by atoms with E-state index < -0.39 is 36.7 Å². The molecule has 0 fully saturated rings. The number of carbonyl (C=O) groups is 2. The fourth-order valence-electron chi connectivity index (χ4n) is 4.17. The number of fused-ring (bicyclic) bond motifs is 1. The van der Waals surface area contributed by atoms with Crippen molar-refractivity contribution in [3.63, 3.8) is 0 Å². The number of halogens is 5. The Balaban J connectivity index is 2.28. The topological polar surface area (TPSA) is 61.8 Å². The normalized spacial score (nSPS) is 14.6. The second kappa shape index (κ2) is 11.7. The van der Waals surface area contributed by atoms with E-state index in [4.69, 9.17) is 9.47 Å². The molecule has 218 valence electrons. The first kappa shape index (κ1) is 32.3. The van der Waals surface area contributed by atoms with Crippen molar-refractivity contribution in [1.29, 1.82) is 0 Å². The van der Waals surface area contributed by atoms with Gasteiger partial charge in [-0.15, -0.1) is 0 Å². The third kappa shape index (κ3) is 7.39. The molecule has 0 aromatic heterocycles. The summed E-state index contributed by atoms with van der Waals surface area (Å²) in [6, 6.07) is 9.64. The summed E-state index contributed by atoms with van der Waals surface area (Å²) >= 11 is 0. The monoisotopic (exact) mass is 560 g/mol. The Bertz CT molecular complexity index is 1170. The smallest absolute Gasteiger partial charge is 0.456 e. The van der Waals surface area contributed by atoms with Gasteiger partial charge < -0.3 is 14.2 Å². The summed E-state index contributed by atoms with van der Waals surface area (Å²) in [5, 5.41) is 0.938. The number of hydrogen-bond donors (Lipinski definition) is 0. The van der Waals surface area contributed by atoms with E-state index in [2.05, 4.69) is 25.5 Å². The Morgan fingerprint density at radius 1 is 0.795 bits per heavy atom. The summed E-state index contributed by atoms with van der Waals surface area (Å²) in [5.74, 6) is -6.55. The minimum Gasteiger partial charge on any atom is -0.481 e. The molecule has 0 aliphatic rings.